The molecule has 2 aromatic carbocycles. The van der Waals surface area contributed by atoms with Gasteiger partial charge in [0.1, 0.15) is 17.4 Å². The van der Waals surface area contributed by atoms with Gasteiger partial charge in [-0.2, -0.15) is 0 Å². The summed E-state index contributed by atoms with van der Waals surface area (Å²) in [6, 6.07) is 8.90. The summed E-state index contributed by atoms with van der Waals surface area (Å²) in [4.78, 5) is 23.9. The lowest BCUT2D eigenvalue weighted by molar-refractivity contribution is -0.123. The van der Waals surface area contributed by atoms with Crippen LogP contribution in [-0.2, 0) is 9.53 Å². The minimum Gasteiger partial charge on any atom is -0.497 e. The van der Waals surface area contributed by atoms with E-state index in [1.807, 2.05) is 0 Å². The van der Waals surface area contributed by atoms with Crippen LogP contribution in [0.5, 0.6) is 5.75 Å². The second-order valence-electron chi connectivity index (χ2n) is 4.89. The second kappa shape index (κ2) is 7.54. The lowest BCUT2D eigenvalue weighted by Crippen LogP contribution is -2.30. The zero-order valence-corrected chi connectivity index (χ0v) is 13.0. The lowest BCUT2D eigenvalue weighted by Gasteiger charge is -2.14. The highest BCUT2D eigenvalue weighted by atomic mass is 19.1. The molecule has 0 radical (unpaired) electrons. The van der Waals surface area contributed by atoms with Gasteiger partial charge in [0.05, 0.1) is 12.7 Å². The van der Waals surface area contributed by atoms with Crippen LogP contribution in [0, 0.1) is 11.6 Å². The molecular weight excluding hydrogens is 320 g/mol. The topological polar surface area (TPSA) is 64.6 Å². The van der Waals surface area contributed by atoms with Crippen LogP contribution in [0.1, 0.15) is 17.3 Å². The van der Waals surface area contributed by atoms with E-state index in [0.29, 0.717) is 0 Å². The second-order valence-corrected chi connectivity index (χ2v) is 4.89. The van der Waals surface area contributed by atoms with Crippen LogP contribution >= 0.6 is 0 Å². The third-order valence-electron chi connectivity index (χ3n) is 3.14. The Balaban J connectivity index is 2.01. The van der Waals surface area contributed by atoms with E-state index in [1.165, 1.54) is 44.4 Å². The third-order valence-corrected chi connectivity index (χ3v) is 3.14. The molecule has 1 amide bonds. The van der Waals surface area contributed by atoms with E-state index >= 15 is 0 Å². The predicted octanol–water partition coefficient (Wildman–Crippen LogP) is 3.16. The largest absolute Gasteiger partial charge is 0.497 e. The van der Waals surface area contributed by atoms with Gasteiger partial charge in [-0.3, -0.25) is 4.79 Å². The molecule has 2 aromatic rings. The first kappa shape index (κ1) is 17.4. The summed E-state index contributed by atoms with van der Waals surface area (Å²) < 4.78 is 36.6. The van der Waals surface area contributed by atoms with Gasteiger partial charge in [-0.1, -0.05) is 6.07 Å². The molecule has 1 atom stereocenters. The first-order valence-corrected chi connectivity index (χ1v) is 7.01. The number of nitrogens with one attached hydrogen (secondary N) is 1. The average molecular weight is 335 g/mol. The number of methoxy groups -OCH3 is 1. The van der Waals surface area contributed by atoms with Crippen molar-refractivity contribution >= 4 is 17.6 Å². The molecular formula is C17H15F2NO4. The number of halogens is 2. The normalized spacial score (nSPS) is 11.5. The van der Waals surface area contributed by atoms with Crippen molar-refractivity contribution in [1.82, 2.24) is 0 Å². The number of rotatable bonds is 5. The van der Waals surface area contributed by atoms with Crippen molar-refractivity contribution in [3.8, 4) is 5.75 Å². The Morgan fingerprint density at radius 1 is 1.12 bits per heavy atom. The summed E-state index contributed by atoms with van der Waals surface area (Å²) >= 11 is 0. The van der Waals surface area contributed by atoms with Gasteiger partial charge >= 0.3 is 5.97 Å². The smallest absolute Gasteiger partial charge is 0.341 e. The van der Waals surface area contributed by atoms with Crippen molar-refractivity contribution in [3.05, 3.63) is 59.7 Å². The SMILES string of the molecule is COc1ccc(C(=O)O[C@H](C)C(=O)Nc2cccc(F)c2)c(F)c1. The molecule has 0 unspecified atom stereocenters. The molecule has 0 aliphatic carbocycles. The third kappa shape index (κ3) is 4.28. The fourth-order valence-corrected chi connectivity index (χ4v) is 1.88. The van der Waals surface area contributed by atoms with Gasteiger partial charge in [-0.05, 0) is 37.3 Å². The van der Waals surface area contributed by atoms with Crippen LogP contribution in [0.25, 0.3) is 0 Å². The minimum atomic E-state index is -1.19. The summed E-state index contributed by atoms with van der Waals surface area (Å²) in [5.74, 6) is -2.74. The van der Waals surface area contributed by atoms with Gasteiger partial charge in [-0.15, -0.1) is 0 Å². The van der Waals surface area contributed by atoms with E-state index in [1.54, 1.807) is 0 Å². The Bertz CT molecular complexity index is 764. The quantitative estimate of drug-likeness (QED) is 0.853. The van der Waals surface area contributed by atoms with Crippen molar-refractivity contribution in [3.63, 3.8) is 0 Å². The fraction of sp³-hybridized carbons (Fsp3) is 0.176. The zero-order chi connectivity index (χ0) is 17.7. The number of carbonyl (C=O) groups excluding carboxylic acids is 2. The molecule has 7 heteroatoms. The van der Waals surface area contributed by atoms with Crippen molar-refractivity contribution < 1.29 is 27.8 Å². The van der Waals surface area contributed by atoms with Gasteiger partial charge in [0, 0.05) is 11.8 Å². The van der Waals surface area contributed by atoms with Gasteiger partial charge in [0.15, 0.2) is 6.10 Å². The number of anilines is 1. The van der Waals surface area contributed by atoms with E-state index in [9.17, 15) is 18.4 Å². The highest BCUT2D eigenvalue weighted by molar-refractivity contribution is 5.97. The highest BCUT2D eigenvalue weighted by Crippen LogP contribution is 2.18. The molecule has 0 aliphatic rings. The van der Waals surface area contributed by atoms with Crippen molar-refractivity contribution in [2.24, 2.45) is 0 Å². The maximum absolute atomic E-state index is 13.8. The van der Waals surface area contributed by atoms with E-state index < -0.39 is 29.6 Å². The van der Waals surface area contributed by atoms with Crippen LogP contribution in [0.4, 0.5) is 14.5 Å². The van der Waals surface area contributed by atoms with Gasteiger partial charge in [0.2, 0.25) is 0 Å². The van der Waals surface area contributed by atoms with Crippen LogP contribution in [0.3, 0.4) is 0 Å². The summed E-state index contributed by atoms with van der Waals surface area (Å²) in [5.41, 5.74) is -0.0975. The van der Waals surface area contributed by atoms with Crippen LogP contribution < -0.4 is 10.1 Å². The maximum Gasteiger partial charge on any atom is 0.341 e. The highest BCUT2D eigenvalue weighted by Gasteiger charge is 2.21. The molecule has 0 aromatic heterocycles. The predicted molar refractivity (Wildman–Crippen MR) is 82.9 cm³/mol. The Labute approximate surface area is 137 Å². The molecule has 24 heavy (non-hydrogen) atoms. The Morgan fingerprint density at radius 3 is 2.50 bits per heavy atom. The molecule has 0 saturated heterocycles. The van der Waals surface area contributed by atoms with E-state index in [0.717, 1.165) is 12.1 Å². The molecule has 0 saturated carbocycles. The minimum absolute atomic E-state index is 0.221. The molecule has 1 N–H and O–H groups in total. The number of ether oxygens (including phenoxy) is 2. The molecule has 126 valence electrons. The van der Waals surface area contributed by atoms with Crippen LogP contribution in [-0.4, -0.2) is 25.1 Å². The first-order chi connectivity index (χ1) is 11.4. The summed E-state index contributed by atoms with van der Waals surface area (Å²) in [6.45, 7) is 1.33. The molecule has 0 bridgehead atoms. The molecule has 0 spiro atoms. The number of carbonyl (C=O) groups is 2. The van der Waals surface area contributed by atoms with Gasteiger partial charge in [-0.25, -0.2) is 13.6 Å². The number of hydrogen-bond donors (Lipinski definition) is 1. The number of benzene rings is 2. The fourth-order valence-electron chi connectivity index (χ4n) is 1.88. The maximum atomic E-state index is 13.8. The average Bonchev–Trinajstić information content (AvgIpc) is 2.54. The summed E-state index contributed by atoms with van der Waals surface area (Å²) in [7, 11) is 1.37. The summed E-state index contributed by atoms with van der Waals surface area (Å²) in [6.07, 6.45) is -1.19. The molecule has 5 nitrogen and oxygen atoms in total. The number of amides is 1. The zero-order valence-electron chi connectivity index (χ0n) is 13.0. The van der Waals surface area contributed by atoms with Crippen LogP contribution in [0.15, 0.2) is 42.5 Å². The molecule has 0 fully saturated rings. The molecule has 2 rings (SSSR count). The Hall–Kier alpha value is -2.96. The number of esters is 1. The van der Waals surface area contributed by atoms with Gasteiger partial charge in [0.25, 0.3) is 5.91 Å². The lowest BCUT2D eigenvalue weighted by atomic mass is 10.2. The van der Waals surface area contributed by atoms with Crippen molar-refractivity contribution in [2.75, 3.05) is 12.4 Å². The van der Waals surface area contributed by atoms with Crippen LogP contribution in [0.2, 0.25) is 0 Å². The van der Waals surface area contributed by atoms with E-state index in [2.05, 4.69) is 5.32 Å². The van der Waals surface area contributed by atoms with E-state index in [-0.39, 0.29) is 17.0 Å². The van der Waals surface area contributed by atoms with Crippen molar-refractivity contribution in [2.45, 2.75) is 13.0 Å². The number of hydrogen-bond acceptors (Lipinski definition) is 4. The molecule has 0 heterocycles. The monoisotopic (exact) mass is 335 g/mol. The molecule has 0 aliphatic heterocycles. The van der Waals surface area contributed by atoms with E-state index in [4.69, 9.17) is 9.47 Å². The standard InChI is InChI=1S/C17H15F2NO4/c1-10(16(21)20-12-5-3-4-11(18)8-12)24-17(22)14-7-6-13(23-2)9-15(14)19/h3-10H,1-2H3,(H,20,21)/t10-/m1/s1. The Morgan fingerprint density at radius 2 is 1.88 bits per heavy atom. The van der Waals surface area contributed by atoms with Crippen molar-refractivity contribution in [1.29, 1.82) is 0 Å². The summed E-state index contributed by atoms with van der Waals surface area (Å²) in [5, 5.41) is 2.40. The first-order valence-electron chi connectivity index (χ1n) is 7.01. The Kier molecular flexibility index (Phi) is 5.47. The van der Waals surface area contributed by atoms with Gasteiger partial charge < -0.3 is 14.8 Å².